The molecule has 3 aromatic rings. The number of carbonyl (C=O) groups is 2. The molecule has 1 fully saturated rings. The maximum absolute atomic E-state index is 13.0. The quantitative estimate of drug-likeness (QED) is 0.397. The summed E-state index contributed by atoms with van der Waals surface area (Å²) in [6, 6.07) is 5.82. The van der Waals surface area contributed by atoms with Crippen LogP contribution in [-0.4, -0.2) is 64.6 Å². The normalized spacial score (nSPS) is 13.6. The highest BCUT2D eigenvalue weighted by Crippen LogP contribution is 2.32. The molecular weight excluding hydrogens is 488 g/mol. The van der Waals surface area contributed by atoms with E-state index in [1.807, 2.05) is 6.92 Å². The van der Waals surface area contributed by atoms with E-state index in [0.29, 0.717) is 53.5 Å². The molecular formula is C25H25ClN4O6. The molecule has 36 heavy (non-hydrogen) atoms. The Morgan fingerprint density at radius 1 is 1.17 bits per heavy atom. The number of hydrogen-bond acceptors (Lipinski definition) is 7. The molecule has 0 spiro atoms. The third-order valence-electron chi connectivity index (χ3n) is 5.96. The first-order chi connectivity index (χ1) is 17.1. The van der Waals surface area contributed by atoms with Gasteiger partial charge in [-0.2, -0.15) is 5.10 Å². The predicted molar refractivity (Wildman–Crippen MR) is 134 cm³/mol. The topological polar surface area (TPSA) is 126 Å². The number of fused-ring (bicyclic) bond motifs is 1. The fourth-order valence-electron chi connectivity index (χ4n) is 3.95. The number of nitrogens with zero attached hydrogens (tertiary/aromatic N) is 3. The van der Waals surface area contributed by atoms with Crippen LogP contribution in [0.2, 0.25) is 5.02 Å². The van der Waals surface area contributed by atoms with E-state index in [1.54, 1.807) is 28.9 Å². The molecule has 0 unspecified atom stereocenters. The number of H-pyrrole nitrogens is 1. The van der Waals surface area contributed by atoms with Gasteiger partial charge in [0.25, 0.3) is 11.5 Å². The van der Waals surface area contributed by atoms with Crippen molar-refractivity contribution in [3.63, 3.8) is 0 Å². The molecule has 0 atom stereocenters. The van der Waals surface area contributed by atoms with Gasteiger partial charge in [-0.05, 0) is 37.1 Å². The van der Waals surface area contributed by atoms with Crippen molar-refractivity contribution >= 4 is 34.4 Å². The van der Waals surface area contributed by atoms with Crippen molar-refractivity contribution in [2.24, 2.45) is 0 Å². The van der Waals surface area contributed by atoms with Gasteiger partial charge in [0.15, 0.2) is 0 Å². The second-order valence-corrected chi connectivity index (χ2v) is 9.08. The van der Waals surface area contributed by atoms with Crippen LogP contribution in [-0.2, 0) is 11.2 Å². The number of halogens is 1. The fourth-order valence-corrected chi connectivity index (χ4v) is 4.17. The highest BCUT2D eigenvalue weighted by Gasteiger charge is 2.27. The van der Waals surface area contributed by atoms with E-state index in [-0.39, 0.29) is 36.1 Å². The van der Waals surface area contributed by atoms with Crippen LogP contribution >= 0.6 is 11.6 Å². The molecule has 0 saturated carbocycles. The number of ether oxygens (including phenoxy) is 1. The molecule has 10 nitrogen and oxygen atoms in total. The molecule has 188 valence electrons. The van der Waals surface area contributed by atoms with Gasteiger partial charge in [-0.3, -0.25) is 14.4 Å². The summed E-state index contributed by atoms with van der Waals surface area (Å²) in [5, 5.41) is 6.98. The summed E-state index contributed by atoms with van der Waals surface area (Å²) in [7, 11) is 0. The van der Waals surface area contributed by atoms with Gasteiger partial charge in [-0.1, -0.05) is 18.2 Å². The fraction of sp³-hybridized carbons (Fsp3) is 0.320. The second kappa shape index (κ2) is 10.4. The van der Waals surface area contributed by atoms with Crippen molar-refractivity contribution < 1.29 is 18.7 Å². The van der Waals surface area contributed by atoms with Gasteiger partial charge < -0.3 is 19.0 Å². The number of carbonyl (C=O) groups excluding carboxylic acids is 2. The highest BCUT2D eigenvalue weighted by molar-refractivity contribution is 6.32. The standard InChI is InChI=1S/C25H25ClN4O6/c1-14(2)13-35-21-12-20-16(10-18(21)26)15(3)17(25(34)36-20)11-23(32)29-6-8-30(9-7-29)24(33)19-4-5-22(31)28-27-19/h4-5,10,12H,1,6-9,11,13H2,2-3H3,(H,28,31). The van der Waals surface area contributed by atoms with Gasteiger partial charge in [-0.25, -0.2) is 9.89 Å². The third-order valence-corrected chi connectivity index (χ3v) is 6.26. The van der Waals surface area contributed by atoms with Gasteiger partial charge in [-0.15, -0.1) is 0 Å². The van der Waals surface area contributed by atoms with E-state index in [9.17, 15) is 19.2 Å². The first kappa shape index (κ1) is 25.2. The third kappa shape index (κ3) is 5.33. The van der Waals surface area contributed by atoms with Crippen LogP contribution < -0.4 is 15.9 Å². The molecule has 0 radical (unpaired) electrons. The summed E-state index contributed by atoms with van der Waals surface area (Å²) in [5.74, 6) is -0.192. The Hall–Kier alpha value is -3.92. The summed E-state index contributed by atoms with van der Waals surface area (Å²) < 4.78 is 11.1. The van der Waals surface area contributed by atoms with Crippen molar-refractivity contribution in [2.75, 3.05) is 32.8 Å². The summed E-state index contributed by atoms with van der Waals surface area (Å²) in [6.45, 7) is 8.86. The molecule has 2 aromatic heterocycles. The van der Waals surface area contributed by atoms with Crippen molar-refractivity contribution in [2.45, 2.75) is 20.3 Å². The zero-order chi connectivity index (χ0) is 26.0. The lowest BCUT2D eigenvalue weighted by Crippen LogP contribution is -2.51. The Labute approximate surface area is 211 Å². The number of nitrogens with one attached hydrogen (secondary N) is 1. The lowest BCUT2D eigenvalue weighted by molar-refractivity contribution is -0.132. The van der Waals surface area contributed by atoms with Crippen LogP contribution in [0.1, 0.15) is 28.5 Å². The average Bonchev–Trinajstić information content (AvgIpc) is 2.86. The SMILES string of the molecule is C=C(C)COc1cc2oc(=O)c(CC(=O)N3CCN(C(=O)c4ccc(=O)[nH]n4)CC3)c(C)c2cc1Cl. The lowest BCUT2D eigenvalue weighted by atomic mass is 10.0. The Morgan fingerprint density at radius 2 is 1.86 bits per heavy atom. The smallest absolute Gasteiger partial charge is 0.340 e. The molecule has 1 aliphatic rings. The Bertz CT molecular complexity index is 1450. The minimum Gasteiger partial charge on any atom is -0.488 e. The van der Waals surface area contributed by atoms with E-state index in [2.05, 4.69) is 16.8 Å². The van der Waals surface area contributed by atoms with Crippen LogP contribution in [0.25, 0.3) is 11.0 Å². The molecule has 1 aliphatic heterocycles. The first-order valence-corrected chi connectivity index (χ1v) is 11.7. The van der Waals surface area contributed by atoms with Crippen molar-refractivity contribution in [1.29, 1.82) is 0 Å². The Balaban J connectivity index is 1.46. The van der Waals surface area contributed by atoms with Crippen LogP contribution in [0.3, 0.4) is 0 Å². The van der Waals surface area contributed by atoms with E-state index in [1.165, 1.54) is 12.1 Å². The van der Waals surface area contributed by atoms with E-state index < -0.39 is 11.2 Å². The Morgan fingerprint density at radius 3 is 2.50 bits per heavy atom. The van der Waals surface area contributed by atoms with Crippen molar-refractivity contribution in [1.82, 2.24) is 20.0 Å². The van der Waals surface area contributed by atoms with Gasteiger partial charge in [0, 0.05) is 43.7 Å². The number of benzene rings is 1. The number of piperazine rings is 1. The lowest BCUT2D eigenvalue weighted by Gasteiger charge is -2.34. The van der Waals surface area contributed by atoms with Crippen LogP contribution in [0.15, 0.2) is 50.4 Å². The second-order valence-electron chi connectivity index (χ2n) is 8.67. The minimum absolute atomic E-state index is 0.130. The maximum atomic E-state index is 13.0. The van der Waals surface area contributed by atoms with Gasteiger partial charge in [0.1, 0.15) is 23.6 Å². The van der Waals surface area contributed by atoms with Crippen molar-refractivity contribution in [3.05, 3.63) is 79.0 Å². The van der Waals surface area contributed by atoms with E-state index in [4.69, 9.17) is 20.8 Å². The Kier molecular flexibility index (Phi) is 7.25. The zero-order valence-corrected chi connectivity index (χ0v) is 20.7. The molecule has 3 heterocycles. The zero-order valence-electron chi connectivity index (χ0n) is 19.9. The van der Waals surface area contributed by atoms with Crippen molar-refractivity contribution in [3.8, 4) is 5.75 Å². The minimum atomic E-state index is -0.598. The number of rotatable bonds is 6. The summed E-state index contributed by atoms with van der Waals surface area (Å²) in [6.07, 6.45) is -0.134. The van der Waals surface area contributed by atoms with Gasteiger partial charge in [0.05, 0.1) is 17.0 Å². The molecule has 1 N–H and O–H groups in total. The van der Waals surface area contributed by atoms with E-state index in [0.717, 1.165) is 5.57 Å². The molecule has 4 rings (SSSR count). The van der Waals surface area contributed by atoms with Crippen LogP contribution in [0.5, 0.6) is 5.75 Å². The number of hydrogen-bond donors (Lipinski definition) is 1. The number of aromatic amines is 1. The average molecular weight is 513 g/mol. The predicted octanol–water partition coefficient (Wildman–Crippen LogP) is 2.32. The summed E-state index contributed by atoms with van der Waals surface area (Å²) >= 11 is 6.37. The van der Waals surface area contributed by atoms with Gasteiger partial charge in [0.2, 0.25) is 5.91 Å². The number of aryl methyl sites for hydroxylation is 1. The molecule has 11 heteroatoms. The number of amides is 2. The highest BCUT2D eigenvalue weighted by atomic mass is 35.5. The summed E-state index contributed by atoms with van der Waals surface area (Å²) in [5.41, 5.74) is 1.14. The monoisotopic (exact) mass is 512 g/mol. The molecule has 0 bridgehead atoms. The van der Waals surface area contributed by atoms with E-state index >= 15 is 0 Å². The molecule has 2 amide bonds. The first-order valence-electron chi connectivity index (χ1n) is 11.3. The molecule has 1 aromatic carbocycles. The van der Waals surface area contributed by atoms with Gasteiger partial charge >= 0.3 is 5.63 Å². The van der Waals surface area contributed by atoms with Crippen LogP contribution in [0, 0.1) is 6.92 Å². The molecule has 0 aliphatic carbocycles. The summed E-state index contributed by atoms with van der Waals surface area (Å²) in [4.78, 5) is 52.7. The number of aromatic nitrogens is 2. The largest absolute Gasteiger partial charge is 0.488 e. The van der Waals surface area contributed by atoms with Crippen LogP contribution in [0.4, 0.5) is 0 Å². The maximum Gasteiger partial charge on any atom is 0.340 e. The molecule has 1 saturated heterocycles.